The van der Waals surface area contributed by atoms with Gasteiger partial charge in [-0.3, -0.25) is 0 Å². The van der Waals surface area contributed by atoms with E-state index in [0.29, 0.717) is 4.75 Å². The topological polar surface area (TPSA) is 0 Å². The Bertz CT molecular complexity index is 114. The van der Waals surface area contributed by atoms with E-state index in [1.807, 2.05) is 0 Å². The summed E-state index contributed by atoms with van der Waals surface area (Å²) >= 11 is 2.05. The van der Waals surface area contributed by atoms with Crippen molar-refractivity contribution in [3.63, 3.8) is 0 Å². The van der Waals surface area contributed by atoms with E-state index in [4.69, 9.17) is 0 Å². The summed E-state index contributed by atoms with van der Waals surface area (Å²) in [5, 5.41) is 0. The molecule has 1 aliphatic heterocycles. The van der Waals surface area contributed by atoms with Crippen LogP contribution in [0.25, 0.3) is 0 Å². The number of rotatable bonds is 0. The molecule has 0 fully saturated rings. The molecule has 1 rings (SSSR count). The number of allylic oxidation sites excluding steroid dienone is 1. The van der Waals surface area contributed by atoms with Gasteiger partial charge >= 0.3 is 0 Å². The van der Waals surface area contributed by atoms with Crippen LogP contribution in [-0.2, 0) is 0 Å². The third kappa shape index (κ3) is 2.44. The molecule has 9 heavy (non-hydrogen) atoms. The Kier molecular flexibility index (Phi) is 2.23. The number of hydrogen-bond acceptors (Lipinski definition) is 1. The third-order valence-corrected chi connectivity index (χ3v) is 2.88. The second kappa shape index (κ2) is 2.78. The SMILES string of the molecule is CC1(C)C=CCCCS1. The molecule has 0 amide bonds. The first-order valence-corrected chi connectivity index (χ1v) is 4.51. The van der Waals surface area contributed by atoms with Crippen LogP contribution in [0.3, 0.4) is 0 Å². The van der Waals surface area contributed by atoms with Gasteiger partial charge in [-0.1, -0.05) is 12.2 Å². The molecule has 0 aliphatic carbocycles. The fourth-order valence-corrected chi connectivity index (χ4v) is 1.98. The summed E-state index contributed by atoms with van der Waals surface area (Å²) in [7, 11) is 0. The predicted octanol–water partition coefficient (Wildman–Crippen LogP) is 2.85. The minimum Gasteiger partial charge on any atom is -0.152 e. The van der Waals surface area contributed by atoms with Crippen molar-refractivity contribution in [1.29, 1.82) is 0 Å². The van der Waals surface area contributed by atoms with Crippen LogP contribution >= 0.6 is 11.8 Å². The van der Waals surface area contributed by atoms with Gasteiger partial charge in [0.05, 0.1) is 0 Å². The molecule has 0 nitrogen and oxygen atoms in total. The van der Waals surface area contributed by atoms with Crippen LogP contribution in [0.4, 0.5) is 0 Å². The zero-order valence-corrected chi connectivity index (χ0v) is 7.00. The van der Waals surface area contributed by atoms with Gasteiger partial charge in [-0.25, -0.2) is 0 Å². The standard InChI is InChI=1S/C8H14S/c1-8(2)6-4-3-5-7-9-8/h4,6H,3,5,7H2,1-2H3. The molecule has 0 aromatic carbocycles. The zero-order valence-electron chi connectivity index (χ0n) is 6.18. The van der Waals surface area contributed by atoms with Gasteiger partial charge in [0, 0.05) is 4.75 Å². The van der Waals surface area contributed by atoms with E-state index < -0.39 is 0 Å². The molecule has 0 saturated heterocycles. The molecule has 0 atom stereocenters. The summed E-state index contributed by atoms with van der Waals surface area (Å²) < 4.78 is 0.399. The second-order valence-electron chi connectivity index (χ2n) is 3.00. The monoisotopic (exact) mass is 142 g/mol. The minimum absolute atomic E-state index is 0.399. The summed E-state index contributed by atoms with van der Waals surface area (Å²) in [5.41, 5.74) is 0. The van der Waals surface area contributed by atoms with Crippen molar-refractivity contribution in [2.75, 3.05) is 5.75 Å². The highest BCUT2D eigenvalue weighted by Crippen LogP contribution is 2.29. The summed E-state index contributed by atoms with van der Waals surface area (Å²) in [6, 6.07) is 0. The molecule has 0 saturated carbocycles. The second-order valence-corrected chi connectivity index (χ2v) is 4.75. The van der Waals surface area contributed by atoms with E-state index in [9.17, 15) is 0 Å². The van der Waals surface area contributed by atoms with E-state index in [0.717, 1.165) is 0 Å². The molecule has 0 aromatic heterocycles. The molecule has 52 valence electrons. The Morgan fingerprint density at radius 3 is 3.00 bits per heavy atom. The highest BCUT2D eigenvalue weighted by Gasteiger charge is 2.14. The molecule has 0 N–H and O–H groups in total. The summed E-state index contributed by atoms with van der Waals surface area (Å²) in [4.78, 5) is 0. The first-order chi connectivity index (χ1) is 4.21. The van der Waals surface area contributed by atoms with Gasteiger partial charge in [0.25, 0.3) is 0 Å². The maximum atomic E-state index is 2.32. The Hall–Kier alpha value is 0.0900. The van der Waals surface area contributed by atoms with Gasteiger partial charge < -0.3 is 0 Å². The first kappa shape index (κ1) is 7.20. The van der Waals surface area contributed by atoms with Crippen LogP contribution in [0.5, 0.6) is 0 Å². The van der Waals surface area contributed by atoms with Crippen molar-refractivity contribution in [2.45, 2.75) is 31.4 Å². The molecule has 1 heterocycles. The lowest BCUT2D eigenvalue weighted by Gasteiger charge is -2.16. The summed E-state index contributed by atoms with van der Waals surface area (Å²) in [6.07, 6.45) is 7.26. The highest BCUT2D eigenvalue weighted by molar-refractivity contribution is 8.00. The highest BCUT2D eigenvalue weighted by atomic mass is 32.2. The van der Waals surface area contributed by atoms with E-state index >= 15 is 0 Å². The molecule has 1 aliphatic rings. The largest absolute Gasteiger partial charge is 0.152 e. The summed E-state index contributed by atoms with van der Waals surface area (Å²) in [5.74, 6) is 1.32. The maximum Gasteiger partial charge on any atom is 0.0282 e. The lowest BCUT2D eigenvalue weighted by Crippen LogP contribution is -2.09. The van der Waals surface area contributed by atoms with Crippen molar-refractivity contribution in [3.05, 3.63) is 12.2 Å². The van der Waals surface area contributed by atoms with Gasteiger partial charge in [-0.15, -0.1) is 0 Å². The minimum atomic E-state index is 0.399. The van der Waals surface area contributed by atoms with Crippen molar-refractivity contribution in [1.82, 2.24) is 0 Å². The van der Waals surface area contributed by atoms with Crippen LogP contribution < -0.4 is 0 Å². The lowest BCUT2D eigenvalue weighted by molar-refractivity contribution is 0.900. The lowest BCUT2D eigenvalue weighted by atomic mass is 10.2. The maximum absolute atomic E-state index is 2.32. The van der Waals surface area contributed by atoms with Crippen LogP contribution in [-0.4, -0.2) is 10.5 Å². The third-order valence-electron chi connectivity index (χ3n) is 1.51. The van der Waals surface area contributed by atoms with Gasteiger partial charge in [0.1, 0.15) is 0 Å². The van der Waals surface area contributed by atoms with E-state index in [2.05, 4.69) is 37.8 Å². The Balaban J connectivity index is 2.52. The molecule has 0 unspecified atom stereocenters. The molecule has 0 bridgehead atoms. The van der Waals surface area contributed by atoms with E-state index in [1.54, 1.807) is 0 Å². The van der Waals surface area contributed by atoms with Crippen LogP contribution in [0.2, 0.25) is 0 Å². The van der Waals surface area contributed by atoms with Gasteiger partial charge in [-0.2, -0.15) is 11.8 Å². The van der Waals surface area contributed by atoms with E-state index in [1.165, 1.54) is 18.6 Å². The molecule has 0 spiro atoms. The van der Waals surface area contributed by atoms with Crippen molar-refractivity contribution >= 4 is 11.8 Å². The van der Waals surface area contributed by atoms with Gasteiger partial charge in [0.2, 0.25) is 0 Å². The zero-order chi connectivity index (χ0) is 6.74. The molecular formula is C8H14S. The molecule has 0 radical (unpaired) electrons. The Morgan fingerprint density at radius 2 is 2.22 bits per heavy atom. The van der Waals surface area contributed by atoms with Crippen LogP contribution in [0.1, 0.15) is 26.7 Å². The van der Waals surface area contributed by atoms with E-state index in [-0.39, 0.29) is 0 Å². The van der Waals surface area contributed by atoms with Crippen molar-refractivity contribution < 1.29 is 0 Å². The van der Waals surface area contributed by atoms with Crippen molar-refractivity contribution in [3.8, 4) is 0 Å². The predicted molar refractivity (Wildman–Crippen MR) is 44.9 cm³/mol. The average Bonchev–Trinajstić information content (AvgIpc) is 1.92. The smallest absolute Gasteiger partial charge is 0.0282 e. The van der Waals surface area contributed by atoms with Gasteiger partial charge in [-0.05, 0) is 32.4 Å². The average molecular weight is 142 g/mol. The number of hydrogen-bond donors (Lipinski definition) is 0. The van der Waals surface area contributed by atoms with Crippen molar-refractivity contribution in [2.24, 2.45) is 0 Å². The molecule has 1 heteroatoms. The molecule has 0 aromatic rings. The number of thioether (sulfide) groups is 1. The fourth-order valence-electron chi connectivity index (χ4n) is 0.952. The first-order valence-electron chi connectivity index (χ1n) is 3.52. The quantitative estimate of drug-likeness (QED) is 0.469. The Morgan fingerprint density at radius 1 is 1.44 bits per heavy atom. The normalized spacial score (nSPS) is 25.6. The van der Waals surface area contributed by atoms with Crippen LogP contribution in [0, 0.1) is 0 Å². The Labute approximate surface area is 61.7 Å². The fraction of sp³-hybridized carbons (Fsp3) is 0.750. The van der Waals surface area contributed by atoms with Crippen LogP contribution in [0.15, 0.2) is 12.2 Å². The summed E-state index contributed by atoms with van der Waals surface area (Å²) in [6.45, 7) is 4.55. The molecular weight excluding hydrogens is 128 g/mol. The van der Waals surface area contributed by atoms with Gasteiger partial charge in [0.15, 0.2) is 0 Å².